The highest BCUT2D eigenvalue weighted by Crippen LogP contribution is 2.33. The van der Waals surface area contributed by atoms with Gasteiger partial charge in [0.15, 0.2) is 5.79 Å². The number of benzene rings is 1. The van der Waals surface area contributed by atoms with Crippen LogP contribution in [0.2, 0.25) is 0 Å². The average Bonchev–Trinajstić information content (AvgIpc) is 2.88. The normalized spacial score (nSPS) is 27.7. The molecule has 0 radical (unpaired) electrons. The van der Waals surface area contributed by atoms with Gasteiger partial charge in [0.2, 0.25) is 0 Å². The van der Waals surface area contributed by atoms with Gasteiger partial charge in [-0.2, -0.15) is 0 Å². The van der Waals surface area contributed by atoms with E-state index < -0.39 is 5.79 Å². The molecular formula is C17H26N2O2. The van der Waals surface area contributed by atoms with Crippen molar-refractivity contribution in [3.05, 3.63) is 35.4 Å². The molecule has 2 aliphatic heterocycles. The summed E-state index contributed by atoms with van der Waals surface area (Å²) in [6.45, 7) is 11.3. The van der Waals surface area contributed by atoms with Crippen molar-refractivity contribution in [1.82, 2.24) is 10.2 Å². The Morgan fingerprint density at radius 2 is 1.86 bits per heavy atom. The quantitative estimate of drug-likeness (QED) is 0.927. The van der Waals surface area contributed by atoms with Crippen molar-refractivity contribution in [3.8, 4) is 0 Å². The first kappa shape index (κ1) is 15.0. The summed E-state index contributed by atoms with van der Waals surface area (Å²) in [7, 11) is 0. The summed E-state index contributed by atoms with van der Waals surface area (Å²) in [6.07, 6.45) is 0.0588. The summed E-state index contributed by atoms with van der Waals surface area (Å²) >= 11 is 0. The Morgan fingerprint density at radius 3 is 2.43 bits per heavy atom. The van der Waals surface area contributed by atoms with Gasteiger partial charge in [-0.3, -0.25) is 4.90 Å². The molecule has 21 heavy (non-hydrogen) atoms. The highest BCUT2D eigenvalue weighted by molar-refractivity contribution is 5.27. The predicted octanol–water partition coefficient (Wildman–Crippen LogP) is 2.48. The third-order valence-electron chi connectivity index (χ3n) is 4.50. The summed E-state index contributed by atoms with van der Waals surface area (Å²) < 4.78 is 11.6. The van der Waals surface area contributed by atoms with Crippen LogP contribution in [0.3, 0.4) is 0 Å². The predicted molar refractivity (Wildman–Crippen MR) is 83.2 cm³/mol. The van der Waals surface area contributed by atoms with Gasteiger partial charge in [-0.1, -0.05) is 24.3 Å². The number of hydrogen-bond acceptors (Lipinski definition) is 4. The van der Waals surface area contributed by atoms with Crippen LogP contribution in [0.5, 0.6) is 0 Å². The van der Waals surface area contributed by atoms with Gasteiger partial charge >= 0.3 is 0 Å². The van der Waals surface area contributed by atoms with Gasteiger partial charge in [0.1, 0.15) is 6.10 Å². The monoisotopic (exact) mass is 290 g/mol. The average molecular weight is 290 g/mol. The molecule has 116 valence electrons. The zero-order valence-corrected chi connectivity index (χ0v) is 13.3. The molecule has 0 saturated carbocycles. The molecule has 0 amide bonds. The standard InChI is InChI=1S/C17H26N2O2/c1-13(19-10-8-18-9-11-19)14-4-6-15(7-5-14)16-12-20-17(2,3)21-16/h4-7,13,16,18H,8-12H2,1-3H3. The molecule has 1 aromatic carbocycles. The van der Waals surface area contributed by atoms with Crippen LogP contribution in [0.25, 0.3) is 0 Å². The topological polar surface area (TPSA) is 33.7 Å². The summed E-state index contributed by atoms with van der Waals surface area (Å²) in [6, 6.07) is 9.30. The molecule has 3 rings (SSSR count). The molecular weight excluding hydrogens is 264 g/mol. The van der Waals surface area contributed by atoms with Gasteiger partial charge in [-0.05, 0) is 31.9 Å². The van der Waals surface area contributed by atoms with E-state index in [4.69, 9.17) is 9.47 Å². The maximum atomic E-state index is 5.91. The van der Waals surface area contributed by atoms with E-state index in [1.54, 1.807) is 0 Å². The van der Waals surface area contributed by atoms with Crippen LogP contribution in [0.1, 0.15) is 44.0 Å². The fourth-order valence-corrected chi connectivity index (χ4v) is 3.12. The van der Waals surface area contributed by atoms with Crippen molar-refractivity contribution in [1.29, 1.82) is 0 Å². The molecule has 1 N–H and O–H groups in total. The lowest BCUT2D eigenvalue weighted by Crippen LogP contribution is -2.44. The molecule has 4 nitrogen and oxygen atoms in total. The second-order valence-electron chi connectivity index (χ2n) is 6.45. The van der Waals surface area contributed by atoms with Crippen molar-refractivity contribution in [2.45, 2.75) is 38.7 Å². The smallest absolute Gasteiger partial charge is 0.163 e. The van der Waals surface area contributed by atoms with Crippen molar-refractivity contribution >= 4 is 0 Å². The molecule has 2 atom stereocenters. The van der Waals surface area contributed by atoms with Crippen LogP contribution in [-0.4, -0.2) is 43.5 Å². The molecule has 0 aromatic heterocycles. The van der Waals surface area contributed by atoms with Crippen LogP contribution < -0.4 is 5.32 Å². The number of nitrogens with one attached hydrogen (secondary N) is 1. The number of ether oxygens (including phenoxy) is 2. The second-order valence-corrected chi connectivity index (χ2v) is 6.45. The third kappa shape index (κ3) is 3.46. The van der Waals surface area contributed by atoms with Crippen molar-refractivity contribution in [3.63, 3.8) is 0 Å². The zero-order valence-electron chi connectivity index (χ0n) is 13.3. The zero-order chi connectivity index (χ0) is 14.9. The van der Waals surface area contributed by atoms with E-state index in [-0.39, 0.29) is 6.10 Å². The van der Waals surface area contributed by atoms with Crippen LogP contribution in [0.15, 0.2) is 24.3 Å². The number of nitrogens with zero attached hydrogens (tertiary/aromatic N) is 1. The molecule has 1 aromatic rings. The first-order chi connectivity index (χ1) is 10.1. The Hall–Kier alpha value is -0.940. The van der Waals surface area contributed by atoms with Gasteiger partial charge in [-0.15, -0.1) is 0 Å². The lowest BCUT2D eigenvalue weighted by atomic mass is 10.0. The largest absolute Gasteiger partial charge is 0.347 e. The first-order valence-electron chi connectivity index (χ1n) is 7.91. The molecule has 2 fully saturated rings. The van der Waals surface area contributed by atoms with Gasteiger partial charge in [0, 0.05) is 32.2 Å². The van der Waals surface area contributed by atoms with E-state index in [9.17, 15) is 0 Å². The van der Waals surface area contributed by atoms with E-state index in [0.29, 0.717) is 12.6 Å². The van der Waals surface area contributed by atoms with Crippen molar-refractivity contribution < 1.29 is 9.47 Å². The van der Waals surface area contributed by atoms with Gasteiger partial charge < -0.3 is 14.8 Å². The van der Waals surface area contributed by atoms with Gasteiger partial charge in [0.05, 0.1) is 6.61 Å². The Balaban J connectivity index is 1.66. The Bertz CT molecular complexity index is 466. The summed E-state index contributed by atoms with van der Waals surface area (Å²) in [5.74, 6) is -0.461. The van der Waals surface area contributed by atoms with E-state index in [1.807, 2.05) is 13.8 Å². The van der Waals surface area contributed by atoms with Crippen molar-refractivity contribution in [2.24, 2.45) is 0 Å². The molecule has 2 heterocycles. The van der Waals surface area contributed by atoms with Crippen molar-refractivity contribution in [2.75, 3.05) is 32.8 Å². The van der Waals surface area contributed by atoms with E-state index >= 15 is 0 Å². The lowest BCUT2D eigenvalue weighted by Gasteiger charge is -2.33. The van der Waals surface area contributed by atoms with Gasteiger partial charge in [0.25, 0.3) is 0 Å². The minimum atomic E-state index is -0.461. The van der Waals surface area contributed by atoms with Crippen LogP contribution >= 0.6 is 0 Å². The summed E-state index contributed by atoms with van der Waals surface area (Å²) in [5, 5.41) is 3.40. The Morgan fingerprint density at radius 1 is 1.19 bits per heavy atom. The molecule has 0 spiro atoms. The van der Waals surface area contributed by atoms with E-state index in [1.165, 1.54) is 11.1 Å². The van der Waals surface area contributed by atoms with E-state index in [2.05, 4.69) is 41.4 Å². The second kappa shape index (κ2) is 6.05. The SMILES string of the molecule is CC(c1ccc(C2COC(C)(C)O2)cc1)N1CCNCC1. The van der Waals surface area contributed by atoms with Crippen LogP contribution in [0.4, 0.5) is 0 Å². The third-order valence-corrected chi connectivity index (χ3v) is 4.50. The fraction of sp³-hybridized carbons (Fsp3) is 0.647. The van der Waals surface area contributed by atoms with E-state index in [0.717, 1.165) is 26.2 Å². The maximum absolute atomic E-state index is 5.91. The van der Waals surface area contributed by atoms with Gasteiger partial charge in [-0.25, -0.2) is 0 Å². The van der Waals surface area contributed by atoms with Crippen LogP contribution in [-0.2, 0) is 9.47 Å². The fourth-order valence-electron chi connectivity index (χ4n) is 3.12. The highest BCUT2D eigenvalue weighted by Gasteiger charge is 2.33. The molecule has 2 saturated heterocycles. The Labute approximate surface area is 127 Å². The lowest BCUT2D eigenvalue weighted by molar-refractivity contribution is -0.139. The first-order valence-corrected chi connectivity index (χ1v) is 7.91. The van der Waals surface area contributed by atoms with Crippen LogP contribution in [0, 0.1) is 0 Å². The number of hydrogen-bond donors (Lipinski definition) is 1. The number of piperazine rings is 1. The maximum Gasteiger partial charge on any atom is 0.163 e. The summed E-state index contributed by atoms with van der Waals surface area (Å²) in [4.78, 5) is 2.53. The molecule has 2 unspecified atom stereocenters. The minimum Gasteiger partial charge on any atom is -0.347 e. The minimum absolute atomic E-state index is 0.0588. The Kier molecular flexibility index (Phi) is 4.31. The number of rotatable bonds is 3. The molecule has 0 bridgehead atoms. The molecule has 2 aliphatic rings. The summed E-state index contributed by atoms with van der Waals surface area (Å²) in [5.41, 5.74) is 2.58. The molecule has 4 heteroatoms. The highest BCUT2D eigenvalue weighted by atomic mass is 16.7. The molecule has 0 aliphatic carbocycles.